The fourth-order valence-corrected chi connectivity index (χ4v) is 11.5. The van der Waals surface area contributed by atoms with Crippen LogP contribution in [0.15, 0.2) is 237 Å². The van der Waals surface area contributed by atoms with Crippen LogP contribution < -0.4 is 0 Å². The molecule has 4 heterocycles. The summed E-state index contributed by atoms with van der Waals surface area (Å²) in [6.07, 6.45) is 0. The van der Waals surface area contributed by atoms with Gasteiger partial charge in [0.15, 0.2) is 0 Å². The molecule has 11 aromatic carbocycles. The van der Waals surface area contributed by atoms with E-state index >= 15 is 0 Å². The third kappa shape index (κ3) is 5.47. The molecule has 15 rings (SSSR count). The highest BCUT2D eigenvalue weighted by atomic mass is 15.2. The Morgan fingerprint density at radius 3 is 1.51 bits per heavy atom. The molecule has 320 valence electrons. The molecule has 0 radical (unpaired) electrons. The van der Waals surface area contributed by atoms with Crippen molar-refractivity contribution in [3.63, 3.8) is 0 Å². The van der Waals surface area contributed by atoms with E-state index in [-0.39, 0.29) is 0 Å². The summed E-state index contributed by atoms with van der Waals surface area (Å²) in [5.41, 5.74) is 14.3. The summed E-state index contributed by atoms with van der Waals surface area (Å²) in [5.74, 6) is 0.644. The third-order valence-electron chi connectivity index (χ3n) is 14.4. The molecule has 0 aliphatic rings. The smallest absolute Gasteiger partial charge is 0.235 e. The van der Waals surface area contributed by atoms with Crippen molar-refractivity contribution in [1.82, 2.24) is 23.7 Å². The molecular weight excluding hydrogens is 839 g/mol. The van der Waals surface area contributed by atoms with Crippen LogP contribution in [0.3, 0.4) is 0 Å². The van der Waals surface area contributed by atoms with Crippen LogP contribution in [0.4, 0.5) is 0 Å². The molecule has 4 aromatic heterocycles. The van der Waals surface area contributed by atoms with Gasteiger partial charge in [0.1, 0.15) is 0 Å². The van der Waals surface area contributed by atoms with Crippen molar-refractivity contribution < 1.29 is 0 Å². The molecule has 69 heavy (non-hydrogen) atoms. The first-order chi connectivity index (χ1) is 34.3. The molecule has 0 bridgehead atoms. The fourth-order valence-electron chi connectivity index (χ4n) is 11.5. The van der Waals surface area contributed by atoms with Gasteiger partial charge in [-0.15, -0.1) is 0 Å². The van der Waals surface area contributed by atoms with Crippen molar-refractivity contribution in [3.05, 3.63) is 237 Å². The number of nitrogens with zero attached hydrogens (tertiary/aromatic N) is 5. The minimum Gasteiger partial charge on any atom is -0.309 e. The minimum atomic E-state index is 0.644. The normalized spacial score (nSPS) is 12.1. The van der Waals surface area contributed by atoms with Gasteiger partial charge in [0.05, 0.1) is 44.3 Å². The second-order valence-electron chi connectivity index (χ2n) is 18.1. The molecule has 5 heteroatoms. The van der Waals surface area contributed by atoms with Crippen LogP contribution in [-0.2, 0) is 0 Å². The van der Waals surface area contributed by atoms with Gasteiger partial charge in [-0.05, 0) is 93.3 Å². The molecule has 0 aliphatic heterocycles. The topological polar surface area (TPSA) is 40.6 Å². The first-order valence-electron chi connectivity index (χ1n) is 23.6. The van der Waals surface area contributed by atoms with Crippen molar-refractivity contribution in [2.45, 2.75) is 0 Å². The zero-order valence-electron chi connectivity index (χ0n) is 37.3. The van der Waals surface area contributed by atoms with Crippen LogP contribution in [0.25, 0.3) is 138 Å². The van der Waals surface area contributed by atoms with Gasteiger partial charge in [-0.25, -0.2) is 9.97 Å². The second-order valence-corrected chi connectivity index (χ2v) is 18.1. The van der Waals surface area contributed by atoms with Gasteiger partial charge < -0.3 is 9.13 Å². The van der Waals surface area contributed by atoms with E-state index < -0.39 is 0 Å². The summed E-state index contributed by atoms with van der Waals surface area (Å²) in [7, 11) is 0. The zero-order valence-corrected chi connectivity index (χ0v) is 37.3. The van der Waals surface area contributed by atoms with Gasteiger partial charge in [0.2, 0.25) is 5.95 Å². The first kappa shape index (κ1) is 37.9. The molecule has 0 saturated heterocycles. The summed E-state index contributed by atoms with van der Waals surface area (Å²) >= 11 is 0. The van der Waals surface area contributed by atoms with Crippen LogP contribution in [-0.4, -0.2) is 23.7 Å². The highest BCUT2D eigenvalue weighted by Crippen LogP contribution is 2.46. The third-order valence-corrected chi connectivity index (χ3v) is 14.4. The van der Waals surface area contributed by atoms with Gasteiger partial charge in [0.25, 0.3) is 0 Å². The number of para-hydroxylation sites is 4. The SMILES string of the molecule is c1ccc(-c2nc(-n3c4ccccc4c4c3ccc3c5ccc6c(c7ccccc7n6-c6ccc(-c7cc8ccccc8c8ccccc78)cc6)c5n(-c5ccccc5)c34)nc3ccccc23)cc1. The average Bonchev–Trinajstić information content (AvgIpc) is 4.07. The van der Waals surface area contributed by atoms with Crippen molar-refractivity contribution in [1.29, 1.82) is 0 Å². The summed E-state index contributed by atoms with van der Waals surface area (Å²) < 4.78 is 7.23. The van der Waals surface area contributed by atoms with Gasteiger partial charge in [-0.3, -0.25) is 4.57 Å². The molecular formula is C64H39N5. The Hall–Kier alpha value is -9.32. The van der Waals surface area contributed by atoms with E-state index in [2.05, 4.69) is 250 Å². The lowest BCUT2D eigenvalue weighted by Gasteiger charge is -2.13. The van der Waals surface area contributed by atoms with Crippen LogP contribution in [0.5, 0.6) is 0 Å². The standard InChI is InChI=1S/C64H39N5/c1-3-17-41(18-4-1)61-50-25-11-14-28-54(50)65-64(66-61)69-56-30-16-13-27-52(56)60-58(69)38-36-49-48-35-37-57-59(62(48)68(63(49)60)43-20-5-2-6-21-43)51-26-12-15-29-55(51)67(57)44-33-31-40(32-34-44)53-39-42-19-7-8-22-45(42)46-23-9-10-24-47(46)53/h1-39H. The first-order valence-corrected chi connectivity index (χ1v) is 23.6. The summed E-state index contributed by atoms with van der Waals surface area (Å²) in [5, 5.41) is 13.2. The number of aromatic nitrogens is 5. The minimum absolute atomic E-state index is 0.644. The van der Waals surface area contributed by atoms with Gasteiger partial charge in [0, 0.05) is 54.6 Å². The Bertz CT molecular complexity index is 4580. The van der Waals surface area contributed by atoms with Crippen LogP contribution >= 0.6 is 0 Å². The van der Waals surface area contributed by atoms with E-state index in [1.165, 1.54) is 59.7 Å². The van der Waals surface area contributed by atoms with E-state index in [1.807, 2.05) is 0 Å². The van der Waals surface area contributed by atoms with Crippen LogP contribution in [0.2, 0.25) is 0 Å². The predicted octanol–water partition coefficient (Wildman–Crippen LogP) is 16.6. The van der Waals surface area contributed by atoms with Crippen molar-refractivity contribution in [2.24, 2.45) is 0 Å². The van der Waals surface area contributed by atoms with Crippen LogP contribution in [0, 0.1) is 0 Å². The van der Waals surface area contributed by atoms with E-state index in [0.29, 0.717) is 5.95 Å². The molecule has 0 fully saturated rings. The predicted molar refractivity (Wildman–Crippen MR) is 288 cm³/mol. The molecule has 0 amide bonds. The van der Waals surface area contributed by atoms with E-state index in [1.54, 1.807) is 0 Å². The number of rotatable bonds is 5. The average molecular weight is 878 g/mol. The number of hydrogen-bond acceptors (Lipinski definition) is 2. The summed E-state index contributed by atoms with van der Waals surface area (Å²) in [4.78, 5) is 10.7. The Balaban J connectivity index is 1.01. The van der Waals surface area contributed by atoms with Gasteiger partial charge in [-0.2, -0.15) is 0 Å². The van der Waals surface area contributed by atoms with Crippen molar-refractivity contribution in [3.8, 4) is 39.7 Å². The maximum atomic E-state index is 5.41. The summed E-state index contributed by atoms with van der Waals surface area (Å²) in [6.45, 7) is 0. The Morgan fingerprint density at radius 2 is 0.812 bits per heavy atom. The van der Waals surface area contributed by atoms with Crippen LogP contribution in [0.1, 0.15) is 0 Å². The van der Waals surface area contributed by atoms with Crippen molar-refractivity contribution >= 4 is 97.9 Å². The molecule has 0 spiro atoms. The van der Waals surface area contributed by atoms with Gasteiger partial charge in [-0.1, -0.05) is 176 Å². The molecule has 0 aliphatic carbocycles. The van der Waals surface area contributed by atoms with Crippen molar-refractivity contribution in [2.75, 3.05) is 0 Å². The Labute approximate surface area is 396 Å². The Morgan fingerprint density at radius 1 is 0.290 bits per heavy atom. The highest BCUT2D eigenvalue weighted by Gasteiger charge is 2.26. The van der Waals surface area contributed by atoms with Gasteiger partial charge >= 0.3 is 0 Å². The molecule has 0 saturated carbocycles. The van der Waals surface area contributed by atoms with E-state index in [0.717, 1.165) is 71.9 Å². The number of hydrogen-bond donors (Lipinski definition) is 0. The molecule has 15 aromatic rings. The van der Waals surface area contributed by atoms with E-state index in [9.17, 15) is 0 Å². The summed E-state index contributed by atoms with van der Waals surface area (Å²) in [6, 6.07) is 85.6. The molecule has 0 unspecified atom stereocenters. The maximum Gasteiger partial charge on any atom is 0.235 e. The number of fused-ring (bicyclic) bond motifs is 15. The number of benzene rings is 11. The van der Waals surface area contributed by atoms with E-state index in [4.69, 9.17) is 9.97 Å². The fraction of sp³-hybridized carbons (Fsp3) is 0. The zero-order chi connectivity index (χ0) is 45.2. The Kier molecular flexibility index (Phi) is 8.00. The largest absolute Gasteiger partial charge is 0.309 e. The molecule has 5 nitrogen and oxygen atoms in total. The quantitative estimate of drug-likeness (QED) is 0.162. The molecule has 0 atom stereocenters. The monoisotopic (exact) mass is 877 g/mol. The second kappa shape index (κ2) is 14.6. The lowest BCUT2D eigenvalue weighted by molar-refractivity contribution is 1.01. The highest BCUT2D eigenvalue weighted by molar-refractivity contribution is 6.31. The lowest BCUT2D eigenvalue weighted by Crippen LogP contribution is -2.03. The lowest BCUT2D eigenvalue weighted by atomic mass is 9.93. The maximum absolute atomic E-state index is 5.41. The molecule has 0 N–H and O–H groups in total.